The third-order valence-corrected chi connectivity index (χ3v) is 0.996. The third kappa shape index (κ3) is 4.51. The molecule has 0 fully saturated rings. The Hall–Kier alpha value is -1.30. The lowest BCUT2D eigenvalue weighted by atomic mass is 10.3. The summed E-state index contributed by atoms with van der Waals surface area (Å²) >= 11 is 0. The molecule has 0 aliphatic heterocycles. The van der Waals surface area contributed by atoms with Crippen LogP contribution in [0.5, 0.6) is 0 Å². The van der Waals surface area contributed by atoms with Gasteiger partial charge in [-0.3, -0.25) is 4.79 Å². The summed E-state index contributed by atoms with van der Waals surface area (Å²) in [5.41, 5.74) is 0. The highest BCUT2D eigenvalue weighted by molar-refractivity contribution is 6.34. The smallest absolute Gasteiger partial charge is 0.375 e. The maximum atomic E-state index is 10.9. The van der Waals surface area contributed by atoms with E-state index in [2.05, 4.69) is 16.6 Å². The van der Waals surface area contributed by atoms with Crippen LogP contribution in [0.2, 0.25) is 0 Å². The van der Waals surface area contributed by atoms with Gasteiger partial charge in [0.15, 0.2) is 0 Å². The van der Waals surface area contributed by atoms with Gasteiger partial charge in [0.2, 0.25) is 0 Å². The van der Waals surface area contributed by atoms with Crippen LogP contribution in [-0.2, 0) is 14.3 Å². The first-order valence-corrected chi connectivity index (χ1v) is 3.71. The third-order valence-electron chi connectivity index (χ3n) is 0.996. The van der Waals surface area contributed by atoms with Gasteiger partial charge in [-0.15, -0.1) is 5.92 Å². The van der Waals surface area contributed by atoms with Crippen molar-refractivity contribution in [2.45, 2.75) is 33.3 Å². The van der Waals surface area contributed by atoms with Gasteiger partial charge < -0.3 is 4.74 Å². The maximum absolute atomic E-state index is 10.9. The van der Waals surface area contributed by atoms with Gasteiger partial charge in [0.05, 0.1) is 12.5 Å². The molecule has 0 unspecified atom stereocenters. The number of ketones is 1. The summed E-state index contributed by atoms with van der Waals surface area (Å²) in [6.07, 6.45) is -0.307. The minimum atomic E-state index is -0.798. The molecule has 0 aliphatic carbocycles. The molecule has 0 aromatic heterocycles. The van der Waals surface area contributed by atoms with Crippen molar-refractivity contribution >= 4 is 11.8 Å². The number of carbonyl (C=O) groups is 2. The van der Waals surface area contributed by atoms with Crippen LogP contribution in [0.15, 0.2) is 0 Å². The lowest BCUT2D eigenvalue weighted by molar-refractivity contribution is -0.156. The molecule has 0 radical (unpaired) electrons. The first kappa shape index (κ1) is 10.7. The molecule has 0 bridgehead atoms. The van der Waals surface area contributed by atoms with E-state index < -0.39 is 11.8 Å². The zero-order chi connectivity index (χ0) is 9.56. The average Bonchev–Trinajstić information content (AvgIpc) is 1.98. The normalized spacial score (nSPS) is 8.67. The van der Waals surface area contributed by atoms with Gasteiger partial charge in [-0.05, 0) is 20.8 Å². The summed E-state index contributed by atoms with van der Waals surface area (Å²) in [5.74, 6) is 3.65. The Labute approximate surface area is 72.1 Å². The number of rotatable bonds is 3. The van der Waals surface area contributed by atoms with E-state index in [0.717, 1.165) is 0 Å². The molecule has 0 rings (SSSR count). The zero-order valence-corrected chi connectivity index (χ0v) is 7.51. The van der Waals surface area contributed by atoms with Gasteiger partial charge in [-0.1, -0.05) is 5.92 Å². The molecule has 0 heterocycles. The first-order chi connectivity index (χ1) is 5.57. The number of esters is 1. The van der Waals surface area contributed by atoms with Gasteiger partial charge in [-0.25, -0.2) is 4.79 Å². The molecule has 0 amide bonds. The summed E-state index contributed by atoms with van der Waals surface area (Å²) in [7, 11) is 0. The van der Waals surface area contributed by atoms with Crippen molar-refractivity contribution in [3.8, 4) is 11.8 Å². The van der Waals surface area contributed by atoms with E-state index >= 15 is 0 Å². The van der Waals surface area contributed by atoms with E-state index in [0.29, 0.717) is 0 Å². The van der Waals surface area contributed by atoms with Gasteiger partial charge in [0.25, 0.3) is 5.78 Å². The number of Topliss-reactive ketones (excluding diaryl/α,β-unsaturated/α-hetero) is 1. The summed E-state index contributed by atoms with van der Waals surface area (Å²) in [4.78, 5) is 21.7. The number of carbonyl (C=O) groups excluding carboxylic acids is 2. The molecule has 0 saturated heterocycles. The molecular formula is C9H12O3. The number of hydrogen-bond acceptors (Lipinski definition) is 3. The molecule has 3 nitrogen and oxygen atoms in total. The highest BCUT2D eigenvalue weighted by Crippen LogP contribution is 1.92. The van der Waals surface area contributed by atoms with Crippen LogP contribution >= 0.6 is 0 Å². The van der Waals surface area contributed by atoms with Crippen LogP contribution < -0.4 is 0 Å². The van der Waals surface area contributed by atoms with Crippen LogP contribution in [0.1, 0.15) is 27.2 Å². The summed E-state index contributed by atoms with van der Waals surface area (Å²) in [6, 6.07) is 0. The standard InChI is InChI=1S/C9H12O3/c1-4-5-6-8(10)9(11)12-7(2)3/h7H,6H2,1-3H3. The summed E-state index contributed by atoms with van der Waals surface area (Å²) in [6.45, 7) is 4.99. The second-order valence-corrected chi connectivity index (χ2v) is 2.48. The minimum Gasteiger partial charge on any atom is -0.457 e. The van der Waals surface area contributed by atoms with E-state index in [9.17, 15) is 9.59 Å². The molecule has 0 aromatic rings. The molecule has 0 aliphatic rings. The van der Waals surface area contributed by atoms with E-state index in [1.54, 1.807) is 20.8 Å². The van der Waals surface area contributed by atoms with E-state index in [4.69, 9.17) is 0 Å². The fourth-order valence-electron chi connectivity index (χ4n) is 0.521. The fraction of sp³-hybridized carbons (Fsp3) is 0.556. The zero-order valence-electron chi connectivity index (χ0n) is 7.51. The highest BCUT2D eigenvalue weighted by Gasteiger charge is 2.14. The molecule has 0 saturated carbocycles. The summed E-state index contributed by atoms with van der Waals surface area (Å²) in [5, 5.41) is 0. The Balaban J connectivity index is 3.91. The fourth-order valence-corrected chi connectivity index (χ4v) is 0.521. The van der Waals surface area contributed by atoms with Crippen LogP contribution in [0.25, 0.3) is 0 Å². The average molecular weight is 168 g/mol. The van der Waals surface area contributed by atoms with E-state index in [1.807, 2.05) is 0 Å². The molecule has 66 valence electrons. The van der Waals surface area contributed by atoms with Crippen LogP contribution in [0.4, 0.5) is 0 Å². The Bertz CT molecular complexity index is 230. The predicted octanol–water partition coefficient (Wildman–Crippen LogP) is 0.920. The van der Waals surface area contributed by atoms with Crippen molar-refractivity contribution in [3.63, 3.8) is 0 Å². The molecule has 0 spiro atoms. The second-order valence-electron chi connectivity index (χ2n) is 2.48. The Morgan fingerprint density at radius 2 is 2.00 bits per heavy atom. The SMILES string of the molecule is CC#CCC(=O)C(=O)OC(C)C. The monoisotopic (exact) mass is 168 g/mol. The molecule has 0 atom stereocenters. The van der Waals surface area contributed by atoms with Crippen molar-refractivity contribution < 1.29 is 14.3 Å². The predicted molar refractivity (Wildman–Crippen MR) is 44.3 cm³/mol. The Morgan fingerprint density at radius 1 is 1.42 bits per heavy atom. The lowest BCUT2D eigenvalue weighted by Gasteiger charge is -2.04. The molecule has 0 N–H and O–H groups in total. The minimum absolute atomic E-state index is 0.0535. The van der Waals surface area contributed by atoms with Crippen molar-refractivity contribution in [2.24, 2.45) is 0 Å². The van der Waals surface area contributed by atoms with Gasteiger partial charge >= 0.3 is 5.97 Å². The van der Waals surface area contributed by atoms with E-state index in [-0.39, 0.29) is 12.5 Å². The molecular weight excluding hydrogens is 156 g/mol. The Kier molecular flexibility index (Phi) is 4.78. The van der Waals surface area contributed by atoms with Crippen molar-refractivity contribution in [3.05, 3.63) is 0 Å². The number of hydrogen-bond donors (Lipinski definition) is 0. The highest BCUT2D eigenvalue weighted by atomic mass is 16.5. The van der Waals surface area contributed by atoms with Gasteiger partial charge in [0.1, 0.15) is 0 Å². The quantitative estimate of drug-likeness (QED) is 0.357. The van der Waals surface area contributed by atoms with Crippen molar-refractivity contribution in [1.82, 2.24) is 0 Å². The van der Waals surface area contributed by atoms with Gasteiger partial charge in [-0.2, -0.15) is 0 Å². The Morgan fingerprint density at radius 3 is 2.42 bits per heavy atom. The maximum Gasteiger partial charge on any atom is 0.375 e. The van der Waals surface area contributed by atoms with Gasteiger partial charge in [0, 0.05) is 0 Å². The molecule has 0 aromatic carbocycles. The van der Waals surface area contributed by atoms with Crippen molar-refractivity contribution in [2.75, 3.05) is 0 Å². The van der Waals surface area contributed by atoms with Crippen LogP contribution in [-0.4, -0.2) is 17.9 Å². The molecule has 3 heteroatoms. The molecule has 12 heavy (non-hydrogen) atoms. The first-order valence-electron chi connectivity index (χ1n) is 3.71. The van der Waals surface area contributed by atoms with Crippen LogP contribution in [0, 0.1) is 11.8 Å². The lowest BCUT2D eigenvalue weighted by Crippen LogP contribution is -2.20. The largest absolute Gasteiger partial charge is 0.457 e. The topological polar surface area (TPSA) is 43.4 Å². The summed E-state index contributed by atoms with van der Waals surface area (Å²) < 4.78 is 4.65. The van der Waals surface area contributed by atoms with Crippen LogP contribution in [0.3, 0.4) is 0 Å². The second kappa shape index (κ2) is 5.36. The van der Waals surface area contributed by atoms with Crippen molar-refractivity contribution in [1.29, 1.82) is 0 Å². The number of ether oxygens (including phenoxy) is 1. The van der Waals surface area contributed by atoms with E-state index in [1.165, 1.54) is 0 Å².